The highest BCUT2D eigenvalue weighted by Crippen LogP contribution is 2.49. The molecule has 0 heterocycles. The molecule has 1 amide bonds. The van der Waals surface area contributed by atoms with Crippen LogP contribution in [0.3, 0.4) is 0 Å². The molecule has 0 atom stereocenters. The Balaban J connectivity index is 3.20. The number of aliphatic imine (C=N–C) groups is 1. The van der Waals surface area contributed by atoms with Gasteiger partial charge in [0, 0.05) is 0 Å². The SMILES string of the molecule is C=NC1(C(N)=O)C(N)(N)C1(N)N. The topological polar surface area (TPSA) is 160 Å². The average molecular weight is 172 g/mol. The van der Waals surface area contributed by atoms with Crippen LogP contribution in [-0.2, 0) is 4.79 Å². The van der Waals surface area contributed by atoms with Gasteiger partial charge in [-0.1, -0.05) is 0 Å². The van der Waals surface area contributed by atoms with Crippen LogP contribution >= 0.6 is 0 Å². The van der Waals surface area contributed by atoms with Gasteiger partial charge in [-0.2, -0.15) is 0 Å². The standard InChI is InChI=1S/C5H12N6O/c1-11-3(2(6)12)4(7,8)5(3,9)10/h1,7-10H2,(H2,6,12). The lowest BCUT2D eigenvalue weighted by Gasteiger charge is -2.08. The molecule has 1 saturated carbocycles. The van der Waals surface area contributed by atoms with E-state index in [0.717, 1.165) is 0 Å². The normalized spacial score (nSPS) is 27.7. The summed E-state index contributed by atoms with van der Waals surface area (Å²) >= 11 is 0. The molecule has 68 valence electrons. The largest absolute Gasteiger partial charge is 0.367 e. The molecule has 0 aromatic heterocycles. The molecule has 0 radical (unpaired) electrons. The molecule has 1 fully saturated rings. The van der Waals surface area contributed by atoms with Crippen LogP contribution in [0.15, 0.2) is 4.99 Å². The predicted molar refractivity (Wildman–Crippen MR) is 43.7 cm³/mol. The third kappa shape index (κ3) is 0.526. The van der Waals surface area contributed by atoms with Crippen molar-refractivity contribution in [1.29, 1.82) is 0 Å². The van der Waals surface area contributed by atoms with Crippen molar-refractivity contribution in [2.45, 2.75) is 16.9 Å². The summed E-state index contributed by atoms with van der Waals surface area (Å²) in [5.74, 6) is -0.868. The fourth-order valence-corrected chi connectivity index (χ4v) is 1.39. The van der Waals surface area contributed by atoms with Gasteiger partial charge in [-0.25, -0.2) is 0 Å². The van der Waals surface area contributed by atoms with Crippen molar-refractivity contribution in [2.75, 3.05) is 0 Å². The van der Waals surface area contributed by atoms with Gasteiger partial charge >= 0.3 is 0 Å². The van der Waals surface area contributed by atoms with Gasteiger partial charge < -0.3 is 28.7 Å². The Morgan fingerprint density at radius 3 is 1.50 bits per heavy atom. The van der Waals surface area contributed by atoms with Gasteiger partial charge in [-0.15, -0.1) is 0 Å². The second-order valence-corrected chi connectivity index (χ2v) is 2.97. The second kappa shape index (κ2) is 1.83. The van der Waals surface area contributed by atoms with Crippen molar-refractivity contribution in [1.82, 2.24) is 0 Å². The first-order chi connectivity index (χ1) is 5.25. The van der Waals surface area contributed by atoms with Crippen molar-refractivity contribution >= 4 is 12.6 Å². The third-order valence-corrected chi connectivity index (χ3v) is 2.41. The molecule has 0 aliphatic heterocycles. The summed E-state index contributed by atoms with van der Waals surface area (Å²) in [6.07, 6.45) is 0. The number of nitrogens with two attached hydrogens (primary N) is 5. The van der Waals surface area contributed by atoms with E-state index in [-0.39, 0.29) is 0 Å². The minimum Gasteiger partial charge on any atom is -0.367 e. The van der Waals surface area contributed by atoms with Crippen LogP contribution in [0, 0.1) is 0 Å². The lowest BCUT2D eigenvalue weighted by Crippen LogP contribution is -2.53. The Morgan fingerprint density at radius 1 is 1.17 bits per heavy atom. The number of nitrogens with zero attached hydrogens (tertiary/aromatic N) is 1. The predicted octanol–water partition coefficient (Wildman–Crippen LogP) is -3.85. The van der Waals surface area contributed by atoms with Crippen LogP contribution in [-0.4, -0.2) is 29.5 Å². The molecule has 0 aromatic carbocycles. The minimum absolute atomic E-state index is 0.868. The van der Waals surface area contributed by atoms with Gasteiger partial charge in [0.25, 0.3) is 5.91 Å². The first-order valence-electron chi connectivity index (χ1n) is 3.19. The summed E-state index contributed by atoms with van der Waals surface area (Å²) in [5.41, 5.74) is 21.8. The quantitative estimate of drug-likeness (QED) is 0.212. The highest BCUT2D eigenvalue weighted by molar-refractivity contribution is 5.96. The van der Waals surface area contributed by atoms with Crippen LogP contribution in [0.4, 0.5) is 0 Å². The van der Waals surface area contributed by atoms with E-state index in [1.807, 2.05) is 0 Å². The first kappa shape index (κ1) is 9.07. The first-order valence-corrected chi connectivity index (χ1v) is 3.19. The van der Waals surface area contributed by atoms with Crippen LogP contribution in [0.5, 0.6) is 0 Å². The van der Waals surface area contributed by atoms with Gasteiger partial charge in [0.15, 0.2) is 0 Å². The fraction of sp³-hybridized carbons (Fsp3) is 0.600. The summed E-state index contributed by atoms with van der Waals surface area (Å²) in [5, 5.41) is 0. The molecule has 0 saturated heterocycles. The van der Waals surface area contributed by atoms with Crippen molar-refractivity contribution in [3.8, 4) is 0 Å². The molecule has 0 aromatic rings. The summed E-state index contributed by atoms with van der Waals surface area (Å²) < 4.78 is 0. The van der Waals surface area contributed by atoms with Gasteiger partial charge in [-0.3, -0.25) is 9.79 Å². The highest BCUT2D eigenvalue weighted by atomic mass is 16.2. The van der Waals surface area contributed by atoms with E-state index in [1.54, 1.807) is 0 Å². The number of hydrogen-bond acceptors (Lipinski definition) is 6. The molecule has 7 nitrogen and oxygen atoms in total. The molecule has 7 heteroatoms. The zero-order valence-corrected chi connectivity index (χ0v) is 6.45. The summed E-state index contributed by atoms with van der Waals surface area (Å²) in [4.78, 5) is 14.3. The fourth-order valence-electron chi connectivity index (χ4n) is 1.39. The second-order valence-electron chi connectivity index (χ2n) is 2.97. The molecule has 0 bridgehead atoms. The highest BCUT2D eigenvalue weighted by Gasteiger charge is 2.86. The Hall–Kier alpha value is -1.02. The Kier molecular flexibility index (Phi) is 1.38. The maximum atomic E-state index is 10.9. The van der Waals surface area contributed by atoms with Crippen LogP contribution in [0.1, 0.15) is 0 Å². The van der Waals surface area contributed by atoms with Crippen molar-refractivity contribution in [3.63, 3.8) is 0 Å². The summed E-state index contributed by atoms with van der Waals surface area (Å²) in [6, 6.07) is 0. The Labute approximate surface area is 68.9 Å². The van der Waals surface area contributed by atoms with Gasteiger partial charge in [0.1, 0.15) is 11.3 Å². The van der Waals surface area contributed by atoms with Crippen molar-refractivity contribution < 1.29 is 4.79 Å². The zero-order chi connectivity index (χ0) is 9.78. The monoisotopic (exact) mass is 172 g/mol. The van der Waals surface area contributed by atoms with E-state index in [0.29, 0.717) is 0 Å². The molecule has 1 aliphatic carbocycles. The lowest BCUT2D eigenvalue weighted by molar-refractivity contribution is -0.120. The maximum absolute atomic E-state index is 10.9. The van der Waals surface area contributed by atoms with Crippen LogP contribution < -0.4 is 28.7 Å². The van der Waals surface area contributed by atoms with E-state index < -0.39 is 22.8 Å². The van der Waals surface area contributed by atoms with E-state index in [9.17, 15) is 4.79 Å². The van der Waals surface area contributed by atoms with Crippen LogP contribution in [0.2, 0.25) is 0 Å². The van der Waals surface area contributed by atoms with E-state index in [2.05, 4.69) is 11.7 Å². The summed E-state index contributed by atoms with van der Waals surface area (Å²) in [7, 11) is 0. The molecule has 12 heavy (non-hydrogen) atoms. The molecular weight excluding hydrogens is 160 g/mol. The third-order valence-electron chi connectivity index (χ3n) is 2.41. The lowest BCUT2D eigenvalue weighted by atomic mass is 10.2. The van der Waals surface area contributed by atoms with Crippen molar-refractivity contribution in [2.24, 2.45) is 33.7 Å². The van der Waals surface area contributed by atoms with Gasteiger partial charge in [0.2, 0.25) is 5.54 Å². The number of rotatable bonds is 2. The average Bonchev–Trinajstić information content (AvgIpc) is 2.21. The zero-order valence-electron chi connectivity index (χ0n) is 6.45. The van der Waals surface area contributed by atoms with Gasteiger partial charge in [0.05, 0.1) is 0 Å². The molecule has 0 unspecified atom stereocenters. The van der Waals surface area contributed by atoms with E-state index >= 15 is 0 Å². The Morgan fingerprint density at radius 2 is 1.50 bits per heavy atom. The number of amides is 1. The minimum atomic E-state index is -1.65. The molecule has 1 aliphatic rings. The molecular formula is C5H12N6O. The smallest absolute Gasteiger partial charge is 0.252 e. The number of carbonyl (C=O) groups is 1. The number of primary amides is 1. The van der Waals surface area contributed by atoms with Gasteiger partial charge in [-0.05, 0) is 6.72 Å². The van der Waals surface area contributed by atoms with Crippen molar-refractivity contribution in [3.05, 3.63) is 0 Å². The van der Waals surface area contributed by atoms with Crippen LogP contribution in [0.25, 0.3) is 0 Å². The number of carbonyl (C=O) groups excluding carboxylic acids is 1. The molecule has 0 spiro atoms. The molecule has 1 rings (SSSR count). The molecule has 10 N–H and O–H groups in total. The van der Waals surface area contributed by atoms with E-state index in [1.165, 1.54) is 0 Å². The Bertz CT molecular complexity index is 243. The van der Waals surface area contributed by atoms with E-state index in [4.69, 9.17) is 28.7 Å². The summed E-state index contributed by atoms with van der Waals surface area (Å²) in [6.45, 7) is 3.14. The maximum Gasteiger partial charge on any atom is 0.252 e. The number of hydrogen-bond donors (Lipinski definition) is 5.